The number of anilines is 3. The summed E-state index contributed by atoms with van der Waals surface area (Å²) in [5.41, 5.74) is 8.81. The molecule has 6 aliphatic rings. The van der Waals surface area contributed by atoms with E-state index in [1.807, 2.05) is 0 Å². The van der Waals surface area contributed by atoms with E-state index < -0.39 is 106 Å². The summed E-state index contributed by atoms with van der Waals surface area (Å²) in [7, 11) is 0. The third kappa shape index (κ3) is 15.7. The largest absolute Gasteiger partial charge is 0.399 e. The van der Waals surface area contributed by atoms with E-state index in [1.54, 1.807) is 60.7 Å². The van der Waals surface area contributed by atoms with Crippen molar-refractivity contribution in [2.75, 3.05) is 53.4 Å². The van der Waals surface area contributed by atoms with Gasteiger partial charge in [0, 0.05) is 101 Å². The van der Waals surface area contributed by atoms with Crippen molar-refractivity contribution in [3.05, 3.63) is 222 Å². The number of halogens is 9. The zero-order valence-electron chi connectivity index (χ0n) is 56.7. The van der Waals surface area contributed by atoms with E-state index in [0.717, 1.165) is 68.2 Å². The second kappa shape index (κ2) is 30.5. The number of hydrogen-bond acceptors (Lipinski definition) is 23. The Hall–Kier alpha value is -10.7. The highest BCUT2D eigenvalue weighted by molar-refractivity contribution is 8.14. The number of ether oxygens (including phenoxy) is 3. The first-order chi connectivity index (χ1) is 51.5. The number of aliphatic imine (C=N–C) groups is 3. The molecule has 3 fully saturated rings. The van der Waals surface area contributed by atoms with Gasteiger partial charge in [0.2, 0.25) is 0 Å². The number of amidine groups is 3. The molecule has 0 radical (unpaired) electrons. The Labute approximate surface area is 620 Å². The quantitative estimate of drug-likeness (QED) is 0.0435. The van der Waals surface area contributed by atoms with E-state index in [9.17, 15) is 49.9 Å². The zero-order valence-corrected chi connectivity index (χ0v) is 59.2. The summed E-state index contributed by atoms with van der Waals surface area (Å²) >= 11 is 3.34. The molecule has 10 heterocycles. The Morgan fingerprint density at radius 2 is 0.852 bits per heavy atom. The number of hydrogen-bond donors (Lipinski definition) is 6. The molecule has 38 heteroatoms. The number of thioether (sulfide) groups is 3. The van der Waals surface area contributed by atoms with Crippen molar-refractivity contribution < 1.29 is 72.9 Å². The number of carbonyl (C=O) groups is 4. The summed E-state index contributed by atoms with van der Waals surface area (Å²) in [6.45, 7) is 1.43. The standard InChI is InChI=1S/C28H23F3N8O3S.C21H19F3N8O2S.C21H20F3N3O2S/c1-27(30,31)23-19-12-43-26(37-24(40)16-5-3-2-4-6-16)38-28(19,13-42-23)18-9-17(7-8-20(18)29)36-25(41)21-10-34-22(11-33-21)39-15-32-14-35-39;1-20(23,24)17-13-7-35-19(25)31-21(13,8-34-17)12-4-11(2-3-14(12)22)30-18(33)15-5-28-16(6-27-15)32-10-26-9-29-32;1-20(23,24)17-15-10-30-19(26-18(28)12-5-3-2-4-6-12)27-21(15,11-29-17)14-9-13(25)7-8-16(14)22/h2-11,14-15,19,23H,12-13H2,1H3,(H,36,41)(H,37,38,40);2-6,9-10,13,17H,7-8H2,1H3,(H2,25,31)(H,30,33);2-9,15,17H,10-11,25H2,1H3,(H,26,27,28)/t19-,23+,28-;13-,17+,21-;15-,17+,21-/m111/s1. The summed E-state index contributed by atoms with van der Waals surface area (Å²) in [5, 5.41) is 19.1. The van der Waals surface area contributed by atoms with Gasteiger partial charge in [-0.05, 0) is 78.9 Å². The maximum Gasteiger partial charge on any atom is 0.275 e. The molecule has 6 aliphatic heterocycles. The van der Waals surface area contributed by atoms with E-state index in [1.165, 1.54) is 102 Å². The second-order valence-electron chi connectivity index (χ2n) is 25.7. The first-order valence-electron chi connectivity index (χ1n) is 32.8. The van der Waals surface area contributed by atoms with Crippen molar-refractivity contribution in [1.82, 2.24) is 60.1 Å². The molecule has 0 bridgehead atoms. The maximum absolute atomic E-state index is 15.5. The van der Waals surface area contributed by atoms with Crippen LogP contribution in [0.3, 0.4) is 0 Å². The molecule has 4 amide bonds. The predicted octanol–water partition coefficient (Wildman–Crippen LogP) is 10.0. The number of amides is 4. The van der Waals surface area contributed by atoms with Crippen LogP contribution in [0.25, 0.3) is 11.6 Å². The van der Waals surface area contributed by atoms with Crippen LogP contribution in [0, 0.1) is 35.2 Å². The molecule has 560 valence electrons. The monoisotopic (exact) mass is 1550 g/mol. The van der Waals surface area contributed by atoms with Gasteiger partial charge in [0.25, 0.3) is 41.4 Å². The van der Waals surface area contributed by atoms with E-state index in [2.05, 4.69) is 76.3 Å². The minimum atomic E-state index is -3.24. The molecule has 4 aromatic heterocycles. The number of nitrogens with one attached hydrogen (secondary N) is 4. The lowest BCUT2D eigenvalue weighted by atomic mass is 9.77. The lowest BCUT2D eigenvalue weighted by molar-refractivity contribution is -0.113. The molecule has 3 saturated heterocycles. The molecule has 0 spiro atoms. The van der Waals surface area contributed by atoms with Crippen LogP contribution < -0.4 is 32.7 Å². The van der Waals surface area contributed by atoms with Gasteiger partial charge in [-0.3, -0.25) is 19.2 Å². The molecule has 9 atom stereocenters. The van der Waals surface area contributed by atoms with Gasteiger partial charge >= 0.3 is 0 Å². The van der Waals surface area contributed by atoms with Crippen molar-refractivity contribution in [2.45, 2.75) is 73.5 Å². The lowest BCUT2D eigenvalue weighted by Gasteiger charge is -2.37. The van der Waals surface area contributed by atoms with Crippen LogP contribution in [0.1, 0.15) is 79.2 Å². The van der Waals surface area contributed by atoms with Gasteiger partial charge in [-0.2, -0.15) is 10.2 Å². The lowest BCUT2D eigenvalue weighted by Crippen LogP contribution is -2.47. The third-order valence-electron chi connectivity index (χ3n) is 18.4. The predicted molar refractivity (Wildman–Crippen MR) is 382 cm³/mol. The van der Waals surface area contributed by atoms with Gasteiger partial charge in [-0.25, -0.2) is 93.8 Å². The first-order valence-corrected chi connectivity index (χ1v) is 35.7. The van der Waals surface area contributed by atoms with E-state index in [0.29, 0.717) is 22.8 Å². The number of benzene rings is 5. The average Bonchev–Trinajstić information content (AvgIpc) is 1.57. The molecule has 0 saturated carbocycles. The Morgan fingerprint density at radius 3 is 1.22 bits per heavy atom. The van der Waals surface area contributed by atoms with Crippen molar-refractivity contribution in [2.24, 2.45) is 38.5 Å². The van der Waals surface area contributed by atoms with Gasteiger partial charge < -0.3 is 46.9 Å². The molecule has 0 unspecified atom stereocenters. The summed E-state index contributed by atoms with van der Waals surface area (Å²) in [5.74, 6) is -15.0. The van der Waals surface area contributed by atoms with Crippen molar-refractivity contribution >= 4 is 91.5 Å². The highest BCUT2D eigenvalue weighted by Crippen LogP contribution is 2.55. The molecule has 5 aromatic carbocycles. The smallest absolute Gasteiger partial charge is 0.275 e. The first kappa shape index (κ1) is 75.6. The van der Waals surface area contributed by atoms with Gasteiger partial charge in [-0.15, -0.1) is 0 Å². The molecule has 26 nitrogen and oxygen atoms in total. The number of alkyl halides is 6. The van der Waals surface area contributed by atoms with Crippen LogP contribution in [-0.2, 0) is 30.8 Å². The van der Waals surface area contributed by atoms with Crippen LogP contribution in [0.4, 0.5) is 56.6 Å². The fourth-order valence-electron chi connectivity index (χ4n) is 13.3. The number of carbonyl (C=O) groups excluding carboxylic acids is 4. The second-order valence-corrected chi connectivity index (χ2v) is 28.8. The molecule has 8 N–H and O–H groups in total. The number of aromatic nitrogens is 10. The molecule has 0 aliphatic carbocycles. The van der Waals surface area contributed by atoms with Crippen LogP contribution >= 0.6 is 35.3 Å². The summed E-state index contributed by atoms with van der Waals surface area (Å²) in [6.07, 6.45) is 6.27. The van der Waals surface area contributed by atoms with E-state index in [4.69, 9.17) is 25.7 Å². The highest BCUT2D eigenvalue weighted by Gasteiger charge is 2.63. The number of fused-ring (bicyclic) bond motifs is 3. The maximum atomic E-state index is 15.5. The Bertz CT molecular complexity index is 4920. The average molecular weight is 1550 g/mol. The van der Waals surface area contributed by atoms with E-state index in [-0.39, 0.29) is 104 Å². The number of nitrogen functional groups attached to an aromatic ring is 1. The van der Waals surface area contributed by atoms with Crippen LogP contribution in [0.15, 0.2) is 180 Å². The van der Waals surface area contributed by atoms with Crippen molar-refractivity contribution in [3.8, 4) is 11.6 Å². The molecular formula is C70H62F9N19O7S3. The third-order valence-corrected chi connectivity index (χ3v) is 21.3. The fraction of sp³-hybridized carbons (Fsp3) is 0.300. The SMILES string of the molecule is CC(F)(F)[C@H]1OC[C@]2(c3cc(N)ccc3F)N=C(NC(=O)c3ccccc3)SC[C@H]12.CC(F)(F)[C@H]1OC[C@]2(c3cc(NC(=O)c4cnc(-n5cncn5)cn4)ccc3F)N=C(N)SC[C@H]12.CC(F)(F)[C@H]1OC[C@]2(c3cc(NC(=O)c4cnc(-n5cncn5)cn4)ccc3F)N=C(NC(=O)c3ccccc3)SC[C@H]12. The topological polar surface area (TPSA) is 346 Å². The van der Waals surface area contributed by atoms with Gasteiger partial charge in [0.05, 0.1) is 44.6 Å². The number of nitrogens with zero attached hydrogens (tertiary/aromatic N) is 13. The van der Waals surface area contributed by atoms with E-state index >= 15 is 8.78 Å². The number of rotatable bonds is 14. The van der Waals surface area contributed by atoms with Crippen LogP contribution in [-0.4, -0.2) is 162 Å². The minimum Gasteiger partial charge on any atom is -0.399 e. The van der Waals surface area contributed by atoms with Gasteiger partial charge in [-0.1, -0.05) is 71.7 Å². The Kier molecular flexibility index (Phi) is 21.4. The van der Waals surface area contributed by atoms with Crippen molar-refractivity contribution in [1.29, 1.82) is 0 Å². The summed E-state index contributed by atoms with van der Waals surface area (Å²) < 4.78 is 151. The summed E-state index contributed by atoms with van der Waals surface area (Å²) in [6, 6.07) is 28.6. The van der Waals surface area contributed by atoms with Gasteiger partial charge in [0.15, 0.2) is 27.1 Å². The molecule has 9 aromatic rings. The Balaban J connectivity index is 0.000000145. The highest BCUT2D eigenvalue weighted by atomic mass is 32.2. The molecule has 108 heavy (non-hydrogen) atoms. The van der Waals surface area contributed by atoms with Crippen LogP contribution in [0.5, 0.6) is 0 Å². The normalized spacial score (nSPS) is 23.6. The molecule has 15 rings (SSSR count). The number of nitrogens with two attached hydrogens (primary N) is 2. The fourth-order valence-corrected chi connectivity index (χ4v) is 16.7. The zero-order chi connectivity index (χ0) is 76.5. The minimum absolute atomic E-state index is 0.00185. The Morgan fingerprint density at radius 1 is 0.472 bits per heavy atom. The van der Waals surface area contributed by atoms with Gasteiger partial charge in [0.1, 0.15) is 89.1 Å². The van der Waals surface area contributed by atoms with Crippen molar-refractivity contribution in [3.63, 3.8) is 0 Å². The molecular weight excluding hydrogens is 1490 g/mol. The summed E-state index contributed by atoms with van der Waals surface area (Å²) in [4.78, 5) is 88.8. The van der Waals surface area contributed by atoms with Crippen LogP contribution in [0.2, 0.25) is 0 Å².